The van der Waals surface area contributed by atoms with Crippen LogP contribution < -0.4 is 5.73 Å². The molecule has 1 saturated heterocycles. The van der Waals surface area contributed by atoms with E-state index >= 15 is 0 Å². The Hall–Kier alpha value is -2.14. The van der Waals surface area contributed by atoms with Crippen LogP contribution >= 0.6 is 11.6 Å². The minimum absolute atomic E-state index is 0.0286. The van der Waals surface area contributed by atoms with Crippen molar-refractivity contribution in [3.8, 4) is 11.1 Å². The summed E-state index contributed by atoms with van der Waals surface area (Å²) in [5, 5.41) is 0.686. The molecule has 2 aromatic rings. The van der Waals surface area contributed by atoms with Gasteiger partial charge in [-0.25, -0.2) is 9.97 Å². The summed E-state index contributed by atoms with van der Waals surface area (Å²) in [5.41, 5.74) is 8.66. The Labute approximate surface area is 158 Å². The number of aromatic nitrogens is 2. The van der Waals surface area contributed by atoms with Gasteiger partial charge in [0.25, 0.3) is 0 Å². The fraction of sp³-hybridized carbons (Fsp3) is 0.450. The molecule has 1 amide bonds. The quantitative estimate of drug-likeness (QED) is 0.877. The maximum Gasteiger partial charge on any atom is 0.226 e. The van der Waals surface area contributed by atoms with Crippen LogP contribution in [0, 0.1) is 5.92 Å². The average Bonchev–Trinajstić information content (AvgIpc) is 3.34. The zero-order chi connectivity index (χ0) is 18.1. The van der Waals surface area contributed by atoms with Gasteiger partial charge in [-0.2, -0.15) is 0 Å². The number of benzene rings is 1. The molecule has 6 heteroatoms. The molecule has 4 rings (SSSR count). The molecule has 136 valence electrons. The van der Waals surface area contributed by atoms with E-state index < -0.39 is 0 Å². The molecule has 26 heavy (non-hydrogen) atoms. The van der Waals surface area contributed by atoms with Gasteiger partial charge in [-0.15, -0.1) is 0 Å². The highest BCUT2D eigenvalue weighted by atomic mass is 35.5. The molecule has 2 aliphatic rings. The molecular weight excluding hydrogens is 348 g/mol. The molecule has 0 radical (unpaired) electrons. The second kappa shape index (κ2) is 7.23. The van der Waals surface area contributed by atoms with Crippen molar-refractivity contribution >= 4 is 23.5 Å². The summed E-state index contributed by atoms with van der Waals surface area (Å²) in [6, 6.07) is 7.59. The number of hydrogen-bond acceptors (Lipinski definition) is 4. The third-order valence-electron chi connectivity index (χ3n) is 5.55. The first-order valence-corrected chi connectivity index (χ1v) is 9.70. The van der Waals surface area contributed by atoms with Gasteiger partial charge in [0.2, 0.25) is 11.9 Å². The van der Waals surface area contributed by atoms with Crippen LogP contribution in [0.3, 0.4) is 0 Å². The van der Waals surface area contributed by atoms with E-state index in [0.29, 0.717) is 5.02 Å². The third kappa shape index (κ3) is 3.28. The van der Waals surface area contributed by atoms with Crippen LogP contribution in [0.15, 0.2) is 30.5 Å². The minimum atomic E-state index is -0.0286. The number of carbonyl (C=O) groups excluding carboxylic acids is 1. The third-order valence-corrected chi connectivity index (χ3v) is 5.80. The van der Waals surface area contributed by atoms with Gasteiger partial charge in [-0.3, -0.25) is 4.79 Å². The Morgan fingerprint density at radius 3 is 2.58 bits per heavy atom. The van der Waals surface area contributed by atoms with Crippen LogP contribution in [-0.4, -0.2) is 27.3 Å². The van der Waals surface area contributed by atoms with E-state index in [1.165, 1.54) is 0 Å². The summed E-state index contributed by atoms with van der Waals surface area (Å²) in [4.78, 5) is 23.8. The fourth-order valence-corrected chi connectivity index (χ4v) is 4.36. The zero-order valence-corrected chi connectivity index (χ0v) is 15.5. The van der Waals surface area contributed by atoms with Gasteiger partial charge < -0.3 is 10.6 Å². The topological polar surface area (TPSA) is 72.1 Å². The summed E-state index contributed by atoms with van der Waals surface area (Å²) >= 11 is 6.02. The number of carbonyl (C=O) groups is 1. The lowest BCUT2D eigenvalue weighted by Gasteiger charge is -2.28. The zero-order valence-electron chi connectivity index (χ0n) is 14.7. The van der Waals surface area contributed by atoms with Gasteiger partial charge >= 0.3 is 0 Å². The predicted molar refractivity (Wildman–Crippen MR) is 103 cm³/mol. The van der Waals surface area contributed by atoms with E-state index in [-0.39, 0.29) is 23.8 Å². The second-order valence-electron chi connectivity index (χ2n) is 7.21. The second-order valence-corrected chi connectivity index (χ2v) is 7.64. The highest BCUT2D eigenvalue weighted by Crippen LogP contribution is 2.39. The largest absolute Gasteiger partial charge is 0.368 e. The number of rotatable bonds is 3. The summed E-state index contributed by atoms with van der Waals surface area (Å²) in [7, 11) is 0. The van der Waals surface area contributed by atoms with Crippen LogP contribution in [0.2, 0.25) is 5.02 Å². The summed E-state index contributed by atoms with van der Waals surface area (Å²) in [5.74, 6) is 0.705. The number of hydrogen-bond donors (Lipinski definition) is 1. The van der Waals surface area contributed by atoms with Crippen LogP contribution in [-0.2, 0) is 4.79 Å². The molecule has 0 spiro atoms. The van der Waals surface area contributed by atoms with Gasteiger partial charge in [0, 0.05) is 29.2 Å². The minimum Gasteiger partial charge on any atom is -0.368 e. The Balaban J connectivity index is 1.70. The molecule has 0 bridgehead atoms. The fourth-order valence-electron chi connectivity index (χ4n) is 4.24. The van der Waals surface area contributed by atoms with Crippen molar-refractivity contribution in [2.45, 2.75) is 44.6 Å². The van der Waals surface area contributed by atoms with Crippen molar-refractivity contribution in [1.82, 2.24) is 14.9 Å². The van der Waals surface area contributed by atoms with Gasteiger partial charge in [-0.1, -0.05) is 36.6 Å². The van der Waals surface area contributed by atoms with E-state index in [4.69, 9.17) is 17.3 Å². The van der Waals surface area contributed by atoms with Gasteiger partial charge in [0.05, 0.1) is 11.7 Å². The molecule has 1 saturated carbocycles. The number of halogens is 1. The van der Waals surface area contributed by atoms with E-state index in [2.05, 4.69) is 9.97 Å². The van der Waals surface area contributed by atoms with E-state index in [0.717, 1.165) is 61.9 Å². The first kappa shape index (κ1) is 17.3. The number of likely N-dealkylation sites (tertiary alicyclic amines) is 1. The Morgan fingerprint density at radius 1 is 1.12 bits per heavy atom. The van der Waals surface area contributed by atoms with E-state index in [1.54, 1.807) is 6.20 Å². The highest BCUT2D eigenvalue weighted by molar-refractivity contribution is 6.30. The van der Waals surface area contributed by atoms with Crippen molar-refractivity contribution in [2.24, 2.45) is 5.92 Å². The van der Waals surface area contributed by atoms with Crippen LogP contribution in [0.5, 0.6) is 0 Å². The number of nitrogen functional groups attached to an aromatic ring is 1. The maximum absolute atomic E-state index is 13.0. The molecule has 1 aromatic carbocycles. The average molecular weight is 371 g/mol. The van der Waals surface area contributed by atoms with E-state index in [1.807, 2.05) is 29.2 Å². The van der Waals surface area contributed by atoms with Gasteiger partial charge in [0.15, 0.2) is 0 Å². The molecule has 1 unspecified atom stereocenters. The Kier molecular flexibility index (Phi) is 4.81. The van der Waals surface area contributed by atoms with Crippen LogP contribution in [0.4, 0.5) is 5.95 Å². The molecule has 1 atom stereocenters. The lowest BCUT2D eigenvalue weighted by atomic mass is 9.99. The normalized spacial score (nSPS) is 20.7. The number of anilines is 1. The van der Waals surface area contributed by atoms with Crippen molar-refractivity contribution < 1.29 is 4.79 Å². The molecule has 2 heterocycles. The number of nitrogens with two attached hydrogens (primary N) is 1. The molecular formula is C20H23ClN4O. The summed E-state index contributed by atoms with van der Waals surface area (Å²) in [6.45, 7) is 0.796. The van der Waals surface area contributed by atoms with Crippen LogP contribution in [0.1, 0.15) is 50.3 Å². The van der Waals surface area contributed by atoms with E-state index in [9.17, 15) is 4.79 Å². The SMILES string of the molecule is Nc1ncc(-c2ccc(Cl)cc2)c(C2CCCN2C(=O)C2CCCC2)n1. The highest BCUT2D eigenvalue weighted by Gasteiger charge is 2.36. The van der Waals surface area contributed by atoms with Gasteiger partial charge in [0.1, 0.15) is 0 Å². The molecule has 2 N–H and O–H groups in total. The smallest absolute Gasteiger partial charge is 0.226 e. The monoisotopic (exact) mass is 370 g/mol. The standard InChI is InChI=1S/C20H23ClN4O/c21-15-9-7-13(8-10-15)16-12-23-20(22)24-18(16)17-6-3-11-25(17)19(26)14-4-1-2-5-14/h7-10,12,14,17H,1-6,11H2,(H2,22,23,24). The van der Waals surface area contributed by atoms with Crippen molar-refractivity contribution in [3.05, 3.63) is 41.2 Å². The van der Waals surface area contributed by atoms with Crippen molar-refractivity contribution in [3.63, 3.8) is 0 Å². The lowest BCUT2D eigenvalue weighted by Crippen LogP contribution is -2.35. The molecule has 2 fully saturated rings. The molecule has 5 nitrogen and oxygen atoms in total. The predicted octanol–water partition coefficient (Wildman–Crippen LogP) is 4.23. The summed E-state index contributed by atoms with van der Waals surface area (Å²) < 4.78 is 0. The van der Waals surface area contributed by atoms with Crippen molar-refractivity contribution in [2.75, 3.05) is 12.3 Å². The molecule has 1 aliphatic carbocycles. The van der Waals surface area contributed by atoms with Crippen molar-refractivity contribution in [1.29, 1.82) is 0 Å². The Bertz CT molecular complexity index is 802. The maximum atomic E-state index is 13.0. The van der Waals surface area contributed by atoms with Crippen LogP contribution in [0.25, 0.3) is 11.1 Å². The first-order chi connectivity index (χ1) is 12.6. The Morgan fingerprint density at radius 2 is 1.85 bits per heavy atom. The first-order valence-electron chi connectivity index (χ1n) is 9.32. The molecule has 1 aromatic heterocycles. The summed E-state index contributed by atoms with van der Waals surface area (Å²) in [6.07, 6.45) is 8.01. The molecule has 1 aliphatic heterocycles. The lowest BCUT2D eigenvalue weighted by molar-refractivity contribution is -0.136. The van der Waals surface area contributed by atoms with Gasteiger partial charge in [-0.05, 0) is 43.4 Å². The number of amides is 1. The number of nitrogens with zero attached hydrogens (tertiary/aromatic N) is 3.